The van der Waals surface area contributed by atoms with Gasteiger partial charge >= 0.3 is 6.03 Å². The van der Waals surface area contributed by atoms with E-state index in [2.05, 4.69) is 16.1 Å². The van der Waals surface area contributed by atoms with E-state index in [1.807, 2.05) is 19.9 Å². The molecule has 0 aromatic heterocycles. The fraction of sp³-hybridized carbons (Fsp3) is 0.258. The number of hydrogen-bond donors (Lipinski definition) is 4. The Balaban J connectivity index is 1.08. The molecule has 1 unspecified atom stereocenters. The number of nitrogens with zero attached hydrogens (tertiary/aromatic N) is 2. The molecule has 0 radical (unpaired) electrons. The van der Waals surface area contributed by atoms with E-state index in [-0.39, 0.29) is 43.0 Å². The number of ether oxygens (including phenoxy) is 2. The molecule has 4 aliphatic heterocycles. The summed E-state index contributed by atoms with van der Waals surface area (Å²) >= 11 is 0. The van der Waals surface area contributed by atoms with Gasteiger partial charge in [-0.3, -0.25) is 14.6 Å². The van der Waals surface area contributed by atoms with E-state index >= 15 is 0 Å². The number of carbonyl (C=O) groups excluding carboxylic acids is 3. The van der Waals surface area contributed by atoms with Crippen LogP contribution in [0.25, 0.3) is 0 Å². The Hall–Kier alpha value is -4.94. The van der Waals surface area contributed by atoms with Crippen LogP contribution in [0, 0.1) is 19.7 Å². The van der Waals surface area contributed by atoms with Crippen LogP contribution in [0.3, 0.4) is 0 Å². The summed E-state index contributed by atoms with van der Waals surface area (Å²) in [5.41, 5.74) is 13.5. The summed E-state index contributed by atoms with van der Waals surface area (Å²) in [4.78, 5) is 40.6. The summed E-state index contributed by atoms with van der Waals surface area (Å²) in [5.74, 6) is -0.0628. The van der Waals surface area contributed by atoms with E-state index in [9.17, 15) is 18.8 Å². The van der Waals surface area contributed by atoms with E-state index < -0.39 is 23.4 Å². The van der Waals surface area contributed by atoms with E-state index in [1.165, 1.54) is 6.07 Å². The maximum absolute atomic E-state index is 14.0. The average molecular weight is 585 g/mol. The molecule has 5 N–H and O–H groups in total. The first-order valence-electron chi connectivity index (χ1n) is 13.9. The molecule has 0 saturated carbocycles. The molecule has 4 heterocycles. The van der Waals surface area contributed by atoms with Gasteiger partial charge in [-0.2, -0.15) is 0 Å². The number of imide groups is 1. The van der Waals surface area contributed by atoms with Crippen molar-refractivity contribution in [3.05, 3.63) is 88.5 Å². The van der Waals surface area contributed by atoms with Crippen molar-refractivity contribution in [1.82, 2.24) is 10.7 Å². The molecule has 12 heteroatoms. The summed E-state index contributed by atoms with van der Waals surface area (Å²) in [6.07, 6.45) is 0.436. The molecular weight excluding hydrogens is 555 g/mol. The Kier molecular flexibility index (Phi) is 6.15. The van der Waals surface area contributed by atoms with Crippen molar-refractivity contribution >= 4 is 34.8 Å². The number of para-hydroxylation sites is 1. The highest BCUT2D eigenvalue weighted by atomic mass is 19.1. The van der Waals surface area contributed by atoms with E-state index in [1.54, 1.807) is 47.5 Å². The standard InChI is InChI=1S/C31H29FN6O5/c1-16-9-18-11-23(35-22(18)12-25(16)37-29(40)31(14-42-15-31)36-30(37)41)27(39)20-13-34-38(28(20)33)24-8-7-19(10-17(24)2)43-26-6-4-3-5-21(26)32/h3-10,12,23,34-35H,11,13-15,33H2,1-2H3,(H,36,41). The molecule has 220 valence electrons. The minimum atomic E-state index is -0.995. The predicted octanol–water partition coefficient (Wildman–Crippen LogP) is 3.16. The second-order valence-electron chi connectivity index (χ2n) is 11.2. The minimum absolute atomic E-state index is 0.126. The van der Waals surface area contributed by atoms with Crippen LogP contribution in [-0.4, -0.2) is 49.1 Å². The Morgan fingerprint density at radius 1 is 1.07 bits per heavy atom. The van der Waals surface area contributed by atoms with Gasteiger partial charge in [0.15, 0.2) is 22.9 Å². The number of hydrazine groups is 1. The van der Waals surface area contributed by atoms with E-state index in [0.717, 1.165) is 27.3 Å². The fourth-order valence-electron chi connectivity index (χ4n) is 5.96. The number of nitrogens with one attached hydrogen (secondary N) is 3. The average Bonchev–Trinajstić information content (AvgIpc) is 3.62. The molecule has 0 aliphatic carbocycles. The van der Waals surface area contributed by atoms with Crippen molar-refractivity contribution in [2.45, 2.75) is 31.8 Å². The second kappa shape index (κ2) is 9.82. The number of urea groups is 1. The molecule has 3 aromatic rings. The molecule has 4 aliphatic rings. The summed E-state index contributed by atoms with van der Waals surface area (Å²) in [5, 5.41) is 7.69. The number of halogens is 1. The van der Waals surface area contributed by atoms with Crippen molar-refractivity contribution in [3.63, 3.8) is 0 Å². The van der Waals surface area contributed by atoms with Crippen molar-refractivity contribution < 1.29 is 28.2 Å². The molecule has 0 bridgehead atoms. The number of rotatable bonds is 6. The number of fused-ring (bicyclic) bond motifs is 1. The number of aryl methyl sites for hydroxylation is 2. The van der Waals surface area contributed by atoms with Crippen LogP contribution in [0.5, 0.6) is 11.5 Å². The normalized spacial score (nSPS) is 20.3. The van der Waals surface area contributed by atoms with Crippen molar-refractivity contribution in [3.8, 4) is 11.5 Å². The maximum Gasteiger partial charge on any atom is 0.329 e. The summed E-state index contributed by atoms with van der Waals surface area (Å²) in [7, 11) is 0. The fourth-order valence-corrected chi connectivity index (χ4v) is 5.96. The minimum Gasteiger partial charge on any atom is -0.454 e. The summed E-state index contributed by atoms with van der Waals surface area (Å²) < 4.78 is 24.9. The van der Waals surface area contributed by atoms with Gasteiger partial charge in [-0.15, -0.1) is 0 Å². The van der Waals surface area contributed by atoms with E-state index in [4.69, 9.17) is 15.2 Å². The van der Waals surface area contributed by atoms with Gasteiger partial charge in [0.2, 0.25) is 0 Å². The van der Waals surface area contributed by atoms with Crippen LogP contribution in [-0.2, 0) is 20.7 Å². The Morgan fingerprint density at radius 3 is 2.53 bits per heavy atom. The van der Waals surface area contributed by atoms with Gasteiger partial charge in [0.1, 0.15) is 11.6 Å². The third-order valence-electron chi connectivity index (χ3n) is 8.33. The largest absolute Gasteiger partial charge is 0.454 e. The Labute approximate surface area is 246 Å². The lowest BCUT2D eigenvalue weighted by Gasteiger charge is -2.34. The Bertz CT molecular complexity index is 1750. The van der Waals surface area contributed by atoms with Crippen molar-refractivity contribution in [2.75, 3.05) is 35.0 Å². The predicted molar refractivity (Wildman–Crippen MR) is 156 cm³/mol. The molecule has 43 heavy (non-hydrogen) atoms. The zero-order chi connectivity index (χ0) is 30.0. The molecule has 11 nitrogen and oxygen atoms in total. The van der Waals surface area contributed by atoms with Gasteiger partial charge in [0, 0.05) is 18.7 Å². The van der Waals surface area contributed by atoms with Gasteiger partial charge in [-0.05, 0) is 66.9 Å². The van der Waals surface area contributed by atoms with Crippen molar-refractivity contribution in [2.24, 2.45) is 5.73 Å². The SMILES string of the molecule is Cc1cc(Oc2ccccc2F)ccc1N1NCC(C(=O)C2Cc3cc(C)c(N4C(=O)NC5(COC5)C4=O)cc3N2)=C1N. The zero-order valence-corrected chi connectivity index (χ0v) is 23.5. The summed E-state index contributed by atoms with van der Waals surface area (Å²) in [6.45, 7) is 4.25. The molecular formula is C31H29FN6O5. The molecule has 3 amide bonds. The first kappa shape index (κ1) is 26.9. The first-order chi connectivity index (χ1) is 20.6. The van der Waals surface area contributed by atoms with Gasteiger partial charge in [0.05, 0.1) is 36.2 Å². The van der Waals surface area contributed by atoms with Crippen LogP contribution in [0.15, 0.2) is 66.0 Å². The van der Waals surface area contributed by atoms with Crippen LogP contribution in [0.1, 0.15) is 16.7 Å². The molecule has 7 rings (SSSR count). The number of ketones is 1. The number of nitrogens with two attached hydrogens (primary N) is 1. The lowest BCUT2D eigenvalue weighted by molar-refractivity contribution is -0.139. The van der Waals surface area contributed by atoms with Crippen LogP contribution >= 0.6 is 0 Å². The topological polar surface area (TPSA) is 138 Å². The van der Waals surface area contributed by atoms with Gasteiger partial charge in [-0.1, -0.05) is 18.2 Å². The highest BCUT2D eigenvalue weighted by Crippen LogP contribution is 2.38. The van der Waals surface area contributed by atoms with Crippen molar-refractivity contribution in [1.29, 1.82) is 0 Å². The lowest BCUT2D eigenvalue weighted by atomic mass is 9.97. The van der Waals surface area contributed by atoms with Crippen LogP contribution < -0.4 is 36.4 Å². The van der Waals surface area contributed by atoms with Gasteiger partial charge in [0.25, 0.3) is 5.91 Å². The number of hydrogen-bond acceptors (Lipinski definition) is 9. The molecule has 2 saturated heterocycles. The highest BCUT2D eigenvalue weighted by molar-refractivity contribution is 6.24. The molecule has 2 fully saturated rings. The quantitative estimate of drug-likeness (QED) is 0.322. The summed E-state index contributed by atoms with van der Waals surface area (Å²) in [6, 6.07) is 14.1. The molecule has 1 spiro atoms. The second-order valence-corrected chi connectivity index (χ2v) is 11.2. The lowest BCUT2D eigenvalue weighted by Crippen LogP contribution is -2.62. The van der Waals surface area contributed by atoms with Crippen LogP contribution in [0.2, 0.25) is 0 Å². The number of amides is 3. The number of Topliss-reactive ketones (excluding diaryl/α,β-unsaturated/α-hetero) is 1. The number of anilines is 3. The zero-order valence-electron chi connectivity index (χ0n) is 23.5. The maximum atomic E-state index is 14.0. The van der Waals surface area contributed by atoms with E-state index in [0.29, 0.717) is 29.1 Å². The van der Waals surface area contributed by atoms with Crippen LogP contribution in [0.4, 0.5) is 26.2 Å². The third-order valence-corrected chi connectivity index (χ3v) is 8.33. The highest BCUT2D eigenvalue weighted by Gasteiger charge is 2.57. The number of benzene rings is 3. The third kappa shape index (κ3) is 4.29. The van der Waals surface area contributed by atoms with Gasteiger partial charge < -0.3 is 25.8 Å². The smallest absolute Gasteiger partial charge is 0.329 e. The number of carbonyl (C=O) groups is 3. The monoisotopic (exact) mass is 584 g/mol. The molecule has 3 aromatic carbocycles. The van der Waals surface area contributed by atoms with Gasteiger partial charge in [-0.25, -0.2) is 19.5 Å². The first-order valence-corrected chi connectivity index (χ1v) is 13.9. The molecule has 1 atom stereocenters. The Morgan fingerprint density at radius 2 is 1.84 bits per heavy atom.